The van der Waals surface area contributed by atoms with Crippen LogP contribution in [0.25, 0.3) is 0 Å². The molecular weight excluding hydrogens is 280 g/mol. The van der Waals surface area contributed by atoms with E-state index in [4.69, 9.17) is 29.6 Å². The van der Waals surface area contributed by atoms with Gasteiger partial charge in [-0.05, 0) is 36.3 Å². The van der Waals surface area contributed by atoms with Gasteiger partial charge in [-0.15, -0.1) is 0 Å². The Balaban J connectivity index is 1.87. The summed E-state index contributed by atoms with van der Waals surface area (Å²) in [7, 11) is 0. The fraction of sp³-hybridized carbons (Fsp3) is 0.308. The second-order valence-electron chi connectivity index (χ2n) is 4.37. The van der Waals surface area contributed by atoms with Crippen LogP contribution < -0.4 is 16.6 Å². The van der Waals surface area contributed by atoms with Gasteiger partial charge in [-0.3, -0.25) is 5.43 Å². The fourth-order valence-electron chi connectivity index (χ4n) is 2.06. The maximum Gasteiger partial charge on any atom is 0.178 e. The lowest BCUT2D eigenvalue weighted by atomic mass is 10.2. The van der Waals surface area contributed by atoms with Crippen LogP contribution in [-0.4, -0.2) is 23.1 Å². The molecule has 4 nitrogen and oxygen atoms in total. The van der Waals surface area contributed by atoms with E-state index in [0.29, 0.717) is 6.54 Å². The van der Waals surface area contributed by atoms with Gasteiger partial charge in [-0.2, -0.15) is 0 Å². The molecule has 1 heterocycles. The average molecular weight is 297 g/mol. The second-order valence-corrected chi connectivity index (χ2v) is 5.25. The predicted molar refractivity (Wildman–Crippen MR) is 82.5 cm³/mol. The molecule has 1 aromatic rings. The first-order chi connectivity index (χ1) is 9.15. The molecule has 19 heavy (non-hydrogen) atoms. The SMILES string of the molecule is NC(=S)NNCC1=CCCN1Cc1ccc(Cl)cc1. The Labute approximate surface area is 123 Å². The van der Waals surface area contributed by atoms with Gasteiger partial charge in [0.05, 0.1) is 6.54 Å². The van der Waals surface area contributed by atoms with Crippen molar-refractivity contribution < 1.29 is 0 Å². The Morgan fingerprint density at radius 2 is 2.11 bits per heavy atom. The molecule has 1 aliphatic rings. The fourth-order valence-corrected chi connectivity index (χ4v) is 2.25. The smallest absolute Gasteiger partial charge is 0.178 e. The maximum absolute atomic E-state index is 5.89. The highest BCUT2D eigenvalue weighted by Crippen LogP contribution is 2.18. The number of rotatable bonds is 5. The third kappa shape index (κ3) is 4.38. The van der Waals surface area contributed by atoms with E-state index in [2.05, 4.69) is 34.0 Å². The molecule has 102 valence electrons. The minimum atomic E-state index is 0.253. The first-order valence-corrected chi connectivity index (χ1v) is 6.90. The summed E-state index contributed by atoms with van der Waals surface area (Å²) in [6.45, 7) is 2.62. The summed E-state index contributed by atoms with van der Waals surface area (Å²) in [5.74, 6) is 0. The number of halogens is 1. The van der Waals surface area contributed by atoms with Gasteiger partial charge in [-0.25, -0.2) is 5.43 Å². The zero-order valence-electron chi connectivity index (χ0n) is 10.5. The number of thiocarbonyl (C=S) groups is 1. The van der Waals surface area contributed by atoms with Crippen LogP contribution in [0.1, 0.15) is 12.0 Å². The topological polar surface area (TPSA) is 53.3 Å². The van der Waals surface area contributed by atoms with Gasteiger partial charge in [0.1, 0.15) is 0 Å². The van der Waals surface area contributed by atoms with Crippen molar-refractivity contribution in [1.82, 2.24) is 15.8 Å². The number of nitrogens with two attached hydrogens (primary N) is 1. The summed E-state index contributed by atoms with van der Waals surface area (Å²) in [6, 6.07) is 7.95. The molecule has 0 saturated carbocycles. The van der Waals surface area contributed by atoms with Crippen LogP contribution in [0.3, 0.4) is 0 Å². The van der Waals surface area contributed by atoms with Crippen molar-refractivity contribution in [2.75, 3.05) is 13.1 Å². The number of hydrogen-bond acceptors (Lipinski definition) is 3. The van der Waals surface area contributed by atoms with Crippen molar-refractivity contribution in [1.29, 1.82) is 0 Å². The van der Waals surface area contributed by atoms with Crippen LogP contribution >= 0.6 is 23.8 Å². The molecule has 1 aromatic carbocycles. The first kappa shape index (κ1) is 14.1. The molecule has 1 aliphatic heterocycles. The minimum absolute atomic E-state index is 0.253. The van der Waals surface area contributed by atoms with Gasteiger partial charge in [0, 0.05) is 23.8 Å². The summed E-state index contributed by atoms with van der Waals surface area (Å²) >= 11 is 10.6. The van der Waals surface area contributed by atoms with E-state index in [1.807, 2.05) is 12.1 Å². The molecule has 0 fully saturated rings. The Bertz CT molecular complexity index is 472. The van der Waals surface area contributed by atoms with E-state index in [1.54, 1.807) is 0 Å². The highest BCUT2D eigenvalue weighted by Gasteiger charge is 2.14. The van der Waals surface area contributed by atoms with Crippen molar-refractivity contribution >= 4 is 28.9 Å². The molecular formula is C13H17ClN4S. The summed E-state index contributed by atoms with van der Waals surface area (Å²) < 4.78 is 0. The van der Waals surface area contributed by atoms with Crippen LogP contribution in [-0.2, 0) is 6.54 Å². The van der Waals surface area contributed by atoms with Gasteiger partial charge in [0.2, 0.25) is 0 Å². The molecule has 0 saturated heterocycles. The molecule has 0 radical (unpaired) electrons. The summed E-state index contributed by atoms with van der Waals surface area (Å²) in [5, 5.41) is 1.02. The van der Waals surface area contributed by atoms with Crippen molar-refractivity contribution in [2.24, 2.45) is 5.73 Å². The van der Waals surface area contributed by atoms with Crippen molar-refractivity contribution in [2.45, 2.75) is 13.0 Å². The molecule has 0 aromatic heterocycles. The molecule has 0 unspecified atom stereocenters. The third-order valence-corrected chi connectivity index (χ3v) is 3.31. The second kappa shape index (κ2) is 6.75. The largest absolute Gasteiger partial charge is 0.375 e. The lowest BCUT2D eigenvalue weighted by Crippen LogP contribution is -2.43. The molecule has 4 N–H and O–H groups in total. The molecule has 0 amide bonds. The molecule has 0 atom stereocenters. The summed E-state index contributed by atoms with van der Waals surface area (Å²) in [5.41, 5.74) is 13.6. The van der Waals surface area contributed by atoms with E-state index in [-0.39, 0.29) is 5.11 Å². The Morgan fingerprint density at radius 1 is 1.37 bits per heavy atom. The molecule has 0 aliphatic carbocycles. The zero-order valence-corrected chi connectivity index (χ0v) is 12.1. The lowest BCUT2D eigenvalue weighted by molar-refractivity contribution is 0.356. The normalized spacial score (nSPS) is 14.4. The molecule has 0 bridgehead atoms. The van der Waals surface area contributed by atoms with Crippen LogP contribution in [0, 0.1) is 0 Å². The van der Waals surface area contributed by atoms with Crippen molar-refractivity contribution in [3.05, 3.63) is 46.6 Å². The monoisotopic (exact) mass is 296 g/mol. The quantitative estimate of drug-likeness (QED) is 0.571. The van der Waals surface area contributed by atoms with Crippen LogP contribution in [0.15, 0.2) is 36.0 Å². The van der Waals surface area contributed by atoms with E-state index < -0.39 is 0 Å². The number of nitrogens with zero attached hydrogens (tertiary/aromatic N) is 1. The Hall–Kier alpha value is -1.30. The van der Waals surface area contributed by atoms with Gasteiger partial charge in [-0.1, -0.05) is 29.8 Å². The zero-order chi connectivity index (χ0) is 13.7. The van der Waals surface area contributed by atoms with E-state index in [1.165, 1.54) is 11.3 Å². The van der Waals surface area contributed by atoms with Crippen molar-refractivity contribution in [3.63, 3.8) is 0 Å². The average Bonchev–Trinajstić information content (AvgIpc) is 2.79. The van der Waals surface area contributed by atoms with Crippen LogP contribution in [0.2, 0.25) is 5.02 Å². The van der Waals surface area contributed by atoms with E-state index in [0.717, 1.165) is 24.5 Å². The molecule has 2 rings (SSSR count). The van der Waals surface area contributed by atoms with Gasteiger partial charge in [0.15, 0.2) is 5.11 Å². The number of nitrogens with one attached hydrogen (secondary N) is 2. The van der Waals surface area contributed by atoms with Gasteiger partial charge >= 0.3 is 0 Å². The van der Waals surface area contributed by atoms with Crippen molar-refractivity contribution in [3.8, 4) is 0 Å². The van der Waals surface area contributed by atoms with Gasteiger partial charge < -0.3 is 10.6 Å². The summed E-state index contributed by atoms with van der Waals surface area (Å²) in [4.78, 5) is 2.33. The summed E-state index contributed by atoms with van der Waals surface area (Å²) in [6.07, 6.45) is 3.29. The minimum Gasteiger partial charge on any atom is -0.375 e. The highest BCUT2D eigenvalue weighted by atomic mass is 35.5. The predicted octanol–water partition coefficient (Wildman–Crippen LogP) is 1.77. The standard InChI is InChI=1S/C13H17ClN4S/c14-11-5-3-10(4-6-11)9-18-7-1-2-12(18)8-16-17-13(15)19/h2-6,16H,1,7-9H2,(H3,15,17,19). The Morgan fingerprint density at radius 3 is 2.79 bits per heavy atom. The number of hydrogen-bond donors (Lipinski definition) is 3. The third-order valence-electron chi connectivity index (χ3n) is 2.95. The lowest BCUT2D eigenvalue weighted by Gasteiger charge is -2.23. The van der Waals surface area contributed by atoms with E-state index >= 15 is 0 Å². The maximum atomic E-state index is 5.89. The van der Waals surface area contributed by atoms with Crippen LogP contribution in [0.5, 0.6) is 0 Å². The Kier molecular flexibility index (Phi) is 5.01. The van der Waals surface area contributed by atoms with E-state index in [9.17, 15) is 0 Å². The van der Waals surface area contributed by atoms with Crippen LogP contribution in [0.4, 0.5) is 0 Å². The number of benzene rings is 1. The first-order valence-electron chi connectivity index (χ1n) is 6.12. The molecule has 6 heteroatoms. The number of hydrazine groups is 1. The molecule has 0 spiro atoms. The highest BCUT2D eigenvalue weighted by molar-refractivity contribution is 7.80. The van der Waals surface area contributed by atoms with Gasteiger partial charge in [0.25, 0.3) is 0 Å².